The summed E-state index contributed by atoms with van der Waals surface area (Å²) in [7, 11) is 1.82. The Hall–Kier alpha value is -4.32. The molecule has 4 aromatic rings. The highest BCUT2D eigenvalue weighted by Crippen LogP contribution is 2.31. The second-order valence-corrected chi connectivity index (χ2v) is 8.48. The van der Waals surface area contributed by atoms with Crippen LogP contribution in [-0.2, 0) is 11.8 Å². The van der Waals surface area contributed by atoms with Crippen LogP contribution in [0.2, 0.25) is 0 Å². The summed E-state index contributed by atoms with van der Waals surface area (Å²) in [5.41, 5.74) is 2.19. The van der Waals surface area contributed by atoms with E-state index in [2.05, 4.69) is 15.4 Å². The molecule has 3 aromatic heterocycles. The Labute approximate surface area is 191 Å². The maximum Gasteiger partial charge on any atom is 0.419 e. The number of nitrogens with zero attached hydrogens (tertiary/aromatic N) is 5. The highest BCUT2D eigenvalue weighted by Gasteiger charge is 2.24. The Kier molecular flexibility index (Phi) is 5.75. The molecule has 0 aliphatic heterocycles. The van der Waals surface area contributed by atoms with Crippen molar-refractivity contribution in [3.63, 3.8) is 0 Å². The molecule has 0 amide bonds. The minimum Gasteiger partial charge on any atom is -0.479 e. The van der Waals surface area contributed by atoms with Gasteiger partial charge >= 0.3 is 6.09 Å². The van der Waals surface area contributed by atoms with Gasteiger partial charge < -0.3 is 14.8 Å². The van der Waals surface area contributed by atoms with Crippen molar-refractivity contribution in [2.75, 3.05) is 11.9 Å². The minimum absolute atomic E-state index is 0.0335. The molecule has 3 heterocycles. The Morgan fingerprint density at radius 2 is 2.03 bits per heavy atom. The van der Waals surface area contributed by atoms with Gasteiger partial charge in [0.05, 0.1) is 17.4 Å². The van der Waals surface area contributed by atoms with Crippen LogP contribution < -0.4 is 10.1 Å². The van der Waals surface area contributed by atoms with Crippen LogP contribution in [0.25, 0.3) is 22.2 Å². The molecule has 0 radical (unpaired) electrons. The molecule has 1 N–H and O–H groups in total. The molecular weight excluding hydrogens is 420 g/mol. The molecule has 0 bridgehead atoms. The third kappa shape index (κ3) is 4.96. The van der Waals surface area contributed by atoms with Gasteiger partial charge in [-0.05, 0) is 39.0 Å². The third-order valence-corrected chi connectivity index (χ3v) is 4.67. The summed E-state index contributed by atoms with van der Waals surface area (Å²) >= 11 is 0. The predicted molar refractivity (Wildman–Crippen MR) is 124 cm³/mol. The molecule has 1 aromatic carbocycles. The number of carbonyl (C=O) groups is 1. The number of aryl methyl sites for hydroxylation is 1. The second-order valence-electron chi connectivity index (χ2n) is 8.48. The van der Waals surface area contributed by atoms with Crippen LogP contribution in [0.5, 0.6) is 5.75 Å². The molecule has 168 valence electrons. The lowest BCUT2D eigenvalue weighted by molar-refractivity contribution is 0.0547. The average Bonchev–Trinajstić information content (AvgIpc) is 3.34. The van der Waals surface area contributed by atoms with Crippen LogP contribution in [0, 0.1) is 11.3 Å². The summed E-state index contributed by atoms with van der Waals surface area (Å²) in [6.07, 6.45) is 4.76. The van der Waals surface area contributed by atoms with Gasteiger partial charge in [-0.25, -0.2) is 14.3 Å². The van der Waals surface area contributed by atoms with E-state index in [1.165, 1.54) is 4.57 Å². The van der Waals surface area contributed by atoms with Crippen LogP contribution in [0.1, 0.15) is 20.8 Å². The van der Waals surface area contributed by atoms with E-state index in [-0.39, 0.29) is 6.61 Å². The summed E-state index contributed by atoms with van der Waals surface area (Å²) < 4.78 is 14.3. The van der Waals surface area contributed by atoms with E-state index in [4.69, 9.17) is 14.7 Å². The Morgan fingerprint density at radius 1 is 1.21 bits per heavy atom. The lowest BCUT2D eigenvalue weighted by Crippen LogP contribution is -2.27. The van der Waals surface area contributed by atoms with E-state index < -0.39 is 11.7 Å². The van der Waals surface area contributed by atoms with Crippen LogP contribution in [0.4, 0.5) is 16.3 Å². The molecular formula is C24H24N6O3. The van der Waals surface area contributed by atoms with Gasteiger partial charge in [-0.2, -0.15) is 10.4 Å². The summed E-state index contributed by atoms with van der Waals surface area (Å²) in [6.45, 7) is 5.46. The van der Waals surface area contributed by atoms with E-state index in [0.717, 1.165) is 16.6 Å². The van der Waals surface area contributed by atoms with Crippen molar-refractivity contribution < 1.29 is 14.3 Å². The van der Waals surface area contributed by atoms with Crippen LogP contribution in [0.3, 0.4) is 0 Å². The Morgan fingerprint density at radius 3 is 2.73 bits per heavy atom. The van der Waals surface area contributed by atoms with Gasteiger partial charge in [0.1, 0.15) is 23.2 Å². The molecule has 0 aliphatic carbocycles. The number of hydrogen-bond donors (Lipinski definition) is 1. The molecule has 33 heavy (non-hydrogen) atoms. The number of fused-ring (bicyclic) bond motifs is 1. The minimum atomic E-state index is -0.655. The fourth-order valence-corrected chi connectivity index (χ4v) is 3.37. The number of rotatable bonds is 5. The predicted octanol–water partition coefficient (Wildman–Crippen LogP) is 4.87. The zero-order valence-corrected chi connectivity index (χ0v) is 18.9. The fourth-order valence-electron chi connectivity index (χ4n) is 3.37. The average molecular weight is 444 g/mol. The zero-order valence-electron chi connectivity index (χ0n) is 18.9. The number of aromatic nitrogens is 4. The first-order valence-corrected chi connectivity index (χ1v) is 10.3. The number of nitriles is 1. The van der Waals surface area contributed by atoms with Gasteiger partial charge in [-0.1, -0.05) is 6.07 Å². The molecule has 0 spiro atoms. The summed E-state index contributed by atoms with van der Waals surface area (Å²) in [6, 6.07) is 12.9. The second kappa shape index (κ2) is 8.67. The number of ether oxygens (including phenoxy) is 2. The van der Waals surface area contributed by atoms with Gasteiger partial charge in [0.15, 0.2) is 6.61 Å². The van der Waals surface area contributed by atoms with Crippen molar-refractivity contribution in [1.82, 2.24) is 19.3 Å². The molecule has 0 fully saturated rings. The fraction of sp³-hybridized carbons (Fsp3) is 0.250. The van der Waals surface area contributed by atoms with Crippen molar-refractivity contribution in [2.24, 2.45) is 7.05 Å². The SMILES string of the molecule is Cn1cc(-c2cc3cnc(Nc4cccc(OCC#N)c4)cc3n2C(=O)OC(C)(C)C)cn1. The smallest absolute Gasteiger partial charge is 0.419 e. The van der Waals surface area contributed by atoms with Crippen molar-refractivity contribution in [3.8, 4) is 23.1 Å². The highest BCUT2D eigenvalue weighted by molar-refractivity contribution is 5.97. The molecule has 0 aliphatic rings. The number of anilines is 2. The first-order valence-electron chi connectivity index (χ1n) is 10.3. The lowest BCUT2D eigenvalue weighted by atomic mass is 10.2. The first kappa shape index (κ1) is 21.9. The molecule has 9 nitrogen and oxygen atoms in total. The lowest BCUT2D eigenvalue weighted by Gasteiger charge is -2.21. The van der Waals surface area contributed by atoms with Crippen molar-refractivity contribution >= 4 is 28.5 Å². The zero-order chi connectivity index (χ0) is 23.6. The van der Waals surface area contributed by atoms with Gasteiger partial charge in [0.25, 0.3) is 0 Å². The molecule has 9 heteroatoms. The topological polar surface area (TPSA) is 107 Å². The number of pyridine rings is 1. The summed E-state index contributed by atoms with van der Waals surface area (Å²) in [5.74, 6) is 1.11. The maximum atomic E-state index is 13.2. The molecule has 0 unspecified atom stereocenters. The van der Waals surface area contributed by atoms with E-state index in [9.17, 15) is 4.79 Å². The first-order chi connectivity index (χ1) is 15.7. The summed E-state index contributed by atoms with van der Waals surface area (Å²) in [5, 5.41) is 17.0. The van der Waals surface area contributed by atoms with Gasteiger partial charge in [-0.15, -0.1) is 0 Å². The van der Waals surface area contributed by atoms with Gasteiger partial charge in [0.2, 0.25) is 0 Å². The van der Waals surface area contributed by atoms with E-state index in [0.29, 0.717) is 22.8 Å². The number of hydrogen-bond acceptors (Lipinski definition) is 7. The quantitative estimate of drug-likeness (QED) is 0.468. The number of carbonyl (C=O) groups excluding carboxylic acids is 1. The molecule has 4 rings (SSSR count). The Balaban J connectivity index is 1.75. The maximum absolute atomic E-state index is 13.2. The van der Waals surface area contributed by atoms with E-state index in [1.807, 2.05) is 58.3 Å². The van der Waals surface area contributed by atoms with Gasteiger partial charge in [0, 0.05) is 48.2 Å². The van der Waals surface area contributed by atoms with Crippen LogP contribution in [-0.4, -0.2) is 37.6 Å². The van der Waals surface area contributed by atoms with Crippen LogP contribution >= 0.6 is 0 Å². The molecule has 0 saturated heterocycles. The van der Waals surface area contributed by atoms with Crippen molar-refractivity contribution in [3.05, 3.63) is 55.0 Å². The van der Waals surface area contributed by atoms with Crippen molar-refractivity contribution in [1.29, 1.82) is 5.26 Å². The largest absolute Gasteiger partial charge is 0.479 e. The standard InChI is InChI=1S/C24H24N6O3/c1-24(2,3)33-23(31)30-20(17-14-27-29(4)15-17)10-16-13-26-22(12-21(16)30)28-18-6-5-7-19(11-18)32-9-8-25/h5-7,10-15H,9H2,1-4H3,(H,26,28). The molecule has 0 atom stereocenters. The van der Waals surface area contributed by atoms with E-state index in [1.54, 1.807) is 35.3 Å². The van der Waals surface area contributed by atoms with Crippen molar-refractivity contribution in [2.45, 2.75) is 26.4 Å². The monoisotopic (exact) mass is 444 g/mol. The van der Waals surface area contributed by atoms with Crippen LogP contribution in [0.15, 0.2) is 55.0 Å². The number of benzene rings is 1. The summed E-state index contributed by atoms with van der Waals surface area (Å²) in [4.78, 5) is 17.7. The van der Waals surface area contributed by atoms with E-state index >= 15 is 0 Å². The number of nitrogens with one attached hydrogen (secondary N) is 1. The Bertz CT molecular complexity index is 1360. The normalized spacial score (nSPS) is 11.2. The molecule has 0 saturated carbocycles. The highest BCUT2D eigenvalue weighted by atomic mass is 16.6. The third-order valence-electron chi connectivity index (χ3n) is 4.67. The van der Waals surface area contributed by atoms with Gasteiger partial charge in [-0.3, -0.25) is 4.68 Å².